The maximum absolute atomic E-state index is 14.0. The summed E-state index contributed by atoms with van der Waals surface area (Å²) in [6, 6.07) is 20.7. The minimum atomic E-state index is -3.87. The molecule has 35 heavy (non-hydrogen) atoms. The fourth-order valence-electron chi connectivity index (χ4n) is 3.73. The molecule has 0 saturated carbocycles. The van der Waals surface area contributed by atoms with Crippen molar-refractivity contribution in [3.63, 3.8) is 0 Å². The fraction of sp³-hybridized carbons (Fsp3) is 0.0417. The van der Waals surface area contributed by atoms with Crippen LogP contribution in [0.4, 0.5) is 0 Å². The van der Waals surface area contributed by atoms with Crippen LogP contribution >= 0.6 is 39.1 Å². The SMILES string of the molecule is CS(=O)(=O)c1nn(-c2ccccc2)c2nc(-c3ccc(Cl)cc3Cl)n(-c3ccc(Br)cc3)c(=O)c12. The number of hydrogen-bond donors (Lipinski definition) is 0. The summed E-state index contributed by atoms with van der Waals surface area (Å²) >= 11 is 16.0. The van der Waals surface area contributed by atoms with Crippen LogP contribution in [0.25, 0.3) is 33.8 Å². The molecule has 0 atom stereocenters. The Kier molecular flexibility index (Phi) is 6.04. The van der Waals surface area contributed by atoms with E-state index in [1.807, 2.05) is 6.07 Å². The molecule has 7 nitrogen and oxygen atoms in total. The molecule has 0 saturated heterocycles. The summed E-state index contributed by atoms with van der Waals surface area (Å²) in [7, 11) is -3.87. The quantitative estimate of drug-likeness (QED) is 0.268. The van der Waals surface area contributed by atoms with Crippen LogP contribution in [-0.4, -0.2) is 34.0 Å². The molecule has 5 aromatic rings. The first-order chi connectivity index (χ1) is 16.6. The highest BCUT2D eigenvalue weighted by Crippen LogP contribution is 2.32. The molecule has 11 heteroatoms. The van der Waals surface area contributed by atoms with Crippen molar-refractivity contribution in [3.05, 3.63) is 97.7 Å². The van der Waals surface area contributed by atoms with Crippen LogP contribution in [0.3, 0.4) is 0 Å². The fourth-order valence-corrected chi connectivity index (χ4v) is 5.27. The van der Waals surface area contributed by atoms with Crippen molar-refractivity contribution in [3.8, 4) is 22.8 Å². The zero-order valence-corrected chi connectivity index (χ0v) is 21.9. The lowest BCUT2D eigenvalue weighted by Gasteiger charge is -2.15. The molecule has 0 amide bonds. The Morgan fingerprint density at radius 2 is 1.60 bits per heavy atom. The standard InChI is InChI=1S/C24H15BrCl2N4O3S/c1-35(33,34)23-20-22(31(29-23)17-5-3-2-4-6-17)28-21(18-12-9-15(26)13-19(18)27)30(24(20)32)16-10-7-14(25)8-11-16/h2-13H,1H3. The van der Waals surface area contributed by atoms with Gasteiger partial charge in [0.05, 0.1) is 16.4 Å². The Labute approximate surface area is 218 Å². The highest BCUT2D eigenvalue weighted by Gasteiger charge is 2.27. The normalized spacial score (nSPS) is 11.8. The molecule has 3 aromatic carbocycles. The van der Waals surface area contributed by atoms with E-state index in [1.54, 1.807) is 66.7 Å². The minimum absolute atomic E-state index is 0.0935. The lowest BCUT2D eigenvalue weighted by atomic mass is 10.2. The summed E-state index contributed by atoms with van der Waals surface area (Å²) in [5.74, 6) is 0.212. The molecule has 0 aliphatic carbocycles. The van der Waals surface area contributed by atoms with Gasteiger partial charge in [0.2, 0.25) is 0 Å². The first-order valence-electron chi connectivity index (χ1n) is 10.2. The molecule has 0 aliphatic heterocycles. The van der Waals surface area contributed by atoms with E-state index in [2.05, 4.69) is 21.0 Å². The number of sulfone groups is 1. The van der Waals surface area contributed by atoms with E-state index in [-0.39, 0.29) is 26.9 Å². The van der Waals surface area contributed by atoms with Gasteiger partial charge in [0.25, 0.3) is 5.56 Å². The highest BCUT2D eigenvalue weighted by atomic mass is 79.9. The predicted molar refractivity (Wildman–Crippen MR) is 141 cm³/mol. The van der Waals surface area contributed by atoms with Crippen LogP contribution in [-0.2, 0) is 9.84 Å². The van der Waals surface area contributed by atoms with Crippen LogP contribution in [0.2, 0.25) is 10.0 Å². The van der Waals surface area contributed by atoms with E-state index in [1.165, 1.54) is 9.25 Å². The van der Waals surface area contributed by atoms with Gasteiger partial charge >= 0.3 is 0 Å². The second-order valence-corrected chi connectivity index (χ2v) is 11.4. The second-order valence-electron chi connectivity index (χ2n) is 7.70. The van der Waals surface area contributed by atoms with Crippen LogP contribution < -0.4 is 5.56 Å². The number of aromatic nitrogens is 4. The van der Waals surface area contributed by atoms with Gasteiger partial charge in [0, 0.05) is 21.3 Å². The highest BCUT2D eigenvalue weighted by molar-refractivity contribution is 9.10. The number of halogens is 3. The van der Waals surface area contributed by atoms with Crippen molar-refractivity contribution in [1.82, 2.24) is 19.3 Å². The molecule has 5 rings (SSSR count). The second kappa shape index (κ2) is 8.91. The van der Waals surface area contributed by atoms with Crippen molar-refractivity contribution in [1.29, 1.82) is 0 Å². The number of rotatable bonds is 4. The smallest absolute Gasteiger partial charge is 0.268 e. The molecule has 0 unspecified atom stereocenters. The molecule has 2 heterocycles. The van der Waals surface area contributed by atoms with Gasteiger partial charge in [-0.1, -0.05) is 57.3 Å². The Morgan fingerprint density at radius 1 is 0.914 bits per heavy atom. The first-order valence-corrected chi connectivity index (χ1v) is 13.6. The summed E-state index contributed by atoms with van der Waals surface area (Å²) in [5, 5.41) is 4.54. The third-order valence-corrected chi connectivity index (χ3v) is 7.34. The van der Waals surface area contributed by atoms with E-state index in [9.17, 15) is 13.2 Å². The van der Waals surface area contributed by atoms with Gasteiger partial charge in [-0.2, -0.15) is 5.10 Å². The van der Waals surface area contributed by atoms with Crippen LogP contribution in [0, 0.1) is 0 Å². The Morgan fingerprint density at radius 3 is 2.23 bits per heavy atom. The van der Waals surface area contributed by atoms with E-state index in [4.69, 9.17) is 28.2 Å². The summed E-state index contributed by atoms with van der Waals surface area (Å²) in [6.07, 6.45) is 1.01. The van der Waals surface area contributed by atoms with Gasteiger partial charge in [-0.05, 0) is 54.6 Å². The summed E-state index contributed by atoms with van der Waals surface area (Å²) in [5.41, 5.74) is 0.964. The number of para-hydroxylation sites is 1. The average molecular weight is 590 g/mol. The number of benzene rings is 3. The van der Waals surface area contributed by atoms with Crippen molar-refractivity contribution in [2.75, 3.05) is 6.26 Å². The van der Waals surface area contributed by atoms with E-state index in [0.717, 1.165) is 10.7 Å². The molecule has 0 spiro atoms. The zero-order chi connectivity index (χ0) is 24.9. The summed E-state index contributed by atoms with van der Waals surface area (Å²) < 4.78 is 28.9. The Balaban J connectivity index is 1.99. The average Bonchev–Trinajstić information content (AvgIpc) is 3.21. The van der Waals surface area contributed by atoms with Gasteiger partial charge in [-0.3, -0.25) is 9.36 Å². The molecular formula is C24H15BrCl2N4O3S. The third-order valence-electron chi connectivity index (χ3n) is 5.28. The van der Waals surface area contributed by atoms with E-state index < -0.39 is 15.4 Å². The molecular weight excluding hydrogens is 575 g/mol. The van der Waals surface area contributed by atoms with E-state index in [0.29, 0.717) is 22.0 Å². The molecule has 0 bridgehead atoms. The molecule has 176 valence electrons. The third kappa shape index (κ3) is 4.29. The number of nitrogens with zero attached hydrogens (tertiary/aromatic N) is 4. The lowest BCUT2D eigenvalue weighted by molar-refractivity contribution is 0.597. The first kappa shape index (κ1) is 23.7. The number of fused-ring (bicyclic) bond motifs is 1. The molecule has 2 aromatic heterocycles. The Hall–Kier alpha value is -2.98. The summed E-state index contributed by atoms with van der Waals surface area (Å²) in [6.45, 7) is 0. The van der Waals surface area contributed by atoms with Crippen LogP contribution in [0.1, 0.15) is 0 Å². The van der Waals surface area contributed by atoms with Gasteiger partial charge < -0.3 is 0 Å². The zero-order valence-electron chi connectivity index (χ0n) is 18.0. The monoisotopic (exact) mass is 588 g/mol. The van der Waals surface area contributed by atoms with Gasteiger partial charge in [0.15, 0.2) is 26.3 Å². The maximum Gasteiger partial charge on any atom is 0.270 e. The van der Waals surface area contributed by atoms with Gasteiger partial charge in [-0.15, -0.1) is 0 Å². The van der Waals surface area contributed by atoms with Crippen LogP contribution in [0.5, 0.6) is 0 Å². The summed E-state index contributed by atoms with van der Waals surface area (Å²) in [4.78, 5) is 18.8. The van der Waals surface area contributed by atoms with Gasteiger partial charge in [0.1, 0.15) is 5.39 Å². The van der Waals surface area contributed by atoms with Crippen molar-refractivity contribution in [2.45, 2.75) is 5.03 Å². The molecule has 0 N–H and O–H groups in total. The van der Waals surface area contributed by atoms with Crippen molar-refractivity contribution >= 4 is 60.0 Å². The maximum atomic E-state index is 14.0. The largest absolute Gasteiger partial charge is 0.270 e. The molecule has 0 aliphatic rings. The molecule has 0 fully saturated rings. The predicted octanol–water partition coefficient (Wildman–Crippen LogP) is 5.71. The number of hydrogen-bond acceptors (Lipinski definition) is 5. The Bertz CT molecular complexity index is 1770. The van der Waals surface area contributed by atoms with Gasteiger partial charge in [-0.25, -0.2) is 18.1 Å². The minimum Gasteiger partial charge on any atom is -0.268 e. The van der Waals surface area contributed by atoms with Crippen LogP contribution in [0.15, 0.2) is 87.1 Å². The van der Waals surface area contributed by atoms with Crippen molar-refractivity contribution in [2.24, 2.45) is 0 Å². The topological polar surface area (TPSA) is 86.8 Å². The lowest BCUT2D eigenvalue weighted by Crippen LogP contribution is -2.23. The molecule has 0 radical (unpaired) electrons. The van der Waals surface area contributed by atoms with Crippen molar-refractivity contribution < 1.29 is 8.42 Å². The van der Waals surface area contributed by atoms with E-state index >= 15 is 0 Å².